The molecular formula is C11H15N2NaS. The maximum Gasteiger partial charge on any atom is 1.00 e. The molecule has 1 aliphatic heterocycles. The molecule has 0 radical (unpaired) electrons. The van der Waals surface area contributed by atoms with Crippen LogP contribution in [0.2, 0.25) is 0 Å². The first-order chi connectivity index (χ1) is 6.75. The van der Waals surface area contributed by atoms with E-state index >= 15 is 0 Å². The molecule has 76 valence electrons. The standard InChI is InChI=1S/C11H16N2S.Na/c1-12-6-8-13(9-7-12)10-2-4-11(14)5-3-10;/h2-5,14H,6-9H2,1H3;/q;+1/p-1. The largest absolute Gasteiger partial charge is 1.00 e. The molecule has 0 spiro atoms. The van der Waals surface area contributed by atoms with Gasteiger partial charge in [0.15, 0.2) is 0 Å². The third-order valence-corrected chi connectivity index (χ3v) is 2.98. The maximum atomic E-state index is 5.07. The molecule has 2 nitrogen and oxygen atoms in total. The molecule has 1 aromatic carbocycles. The molecule has 1 aliphatic rings. The zero-order chi connectivity index (χ0) is 9.97. The predicted octanol–water partition coefficient (Wildman–Crippen LogP) is -1.65. The van der Waals surface area contributed by atoms with Crippen molar-refractivity contribution in [1.29, 1.82) is 0 Å². The molecule has 2 rings (SSSR count). The maximum absolute atomic E-state index is 5.07. The molecule has 0 N–H and O–H groups in total. The van der Waals surface area contributed by atoms with Gasteiger partial charge in [-0.3, -0.25) is 0 Å². The molecule has 0 saturated carbocycles. The van der Waals surface area contributed by atoms with Crippen molar-refractivity contribution in [3.8, 4) is 0 Å². The van der Waals surface area contributed by atoms with E-state index in [4.69, 9.17) is 12.6 Å². The molecule has 1 saturated heterocycles. The topological polar surface area (TPSA) is 6.48 Å². The smallest absolute Gasteiger partial charge is 0.780 e. The Morgan fingerprint density at radius 1 is 1.00 bits per heavy atom. The van der Waals surface area contributed by atoms with E-state index in [-0.39, 0.29) is 29.6 Å². The quantitative estimate of drug-likeness (QED) is 0.421. The number of hydrogen-bond donors (Lipinski definition) is 0. The number of hydrogen-bond acceptors (Lipinski definition) is 3. The molecule has 0 bridgehead atoms. The van der Waals surface area contributed by atoms with E-state index in [1.165, 1.54) is 5.69 Å². The van der Waals surface area contributed by atoms with Crippen LogP contribution in [0.4, 0.5) is 5.69 Å². The molecule has 0 aromatic heterocycles. The first kappa shape index (κ1) is 13.3. The molecule has 0 unspecified atom stereocenters. The van der Waals surface area contributed by atoms with Crippen LogP contribution in [0.1, 0.15) is 0 Å². The summed E-state index contributed by atoms with van der Waals surface area (Å²) in [5, 5.41) is 0. The fourth-order valence-electron chi connectivity index (χ4n) is 1.72. The van der Waals surface area contributed by atoms with Crippen molar-refractivity contribution in [3.63, 3.8) is 0 Å². The number of anilines is 1. The number of rotatable bonds is 1. The molecule has 1 aromatic rings. The molecular weight excluding hydrogens is 215 g/mol. The van der Waals surface area contributed by atoms with Crippen LogP contribution in [-0.2, 0) is 12.6 Å². The van der Waals surface area contributed by atoms with Gasteiger partial charge in [0, 0.05) is 31.9 Å². The minimum Gasteiger partial charge on any atom is -0.780 e. The van der Waals surface area contributed by atoms with Crippen LogP contribution < -0.4 is 34.5 Å². The number of benzene rings is 1. The normalized spacial score (nSPS) is 17.3. The van der Waals surface area contributed by atoms with E-state index in [1.807, 2.05) is 12.1 Å². The van der Waals surface area contributed by atoms with Gasteiger partial charge >= 0.3 is 29.6 Å². The Labute approximate surface area is 119 Å². The van der Waals surface area contributed by atoms with E-state index in [0.717, 1.165) is 31.1 Å². The van der Waals surface area contributed by atoms with Crippen LogP contribution in [0.25, 0.3) is 0 Å². The Balaban J connectivity index is 0.00000112. The van der Waals surface area contributed by atoms with Crippen LogP contribution in [0.15, 0.2) is 29.2 Å². The minimum atomic E-state index is 0. The van der Waals surface area contributed by atoms with E-state index in [9.17, 15) is 0 Å². The molecule has 15 heavy (non-hydrogen) atoms. The molecule has 1 heterocycles. The van der Waals surface area contributed by atoms with Crippen LogP contribution in [-0.4, -0.2) is 38.1 Å². The Morgan fingerprint density at radius 3 is 2.07 bits per heavy atom. The summed E-state index contributed by atoms with van der Waals surface area (Å²) in [5.74, 6) is 0. The summed E-state index contributed by atoms with van der Waals surface area (Å²) in [7, 11) is 2.17. The van der Waals surface area contributed by atoms with E-state index in [2.05, 4.69) is 29.0 Å². The van der Waals surface area contributed by atoms with Gasteiger partial charge in [-0.2, -0.15) is 4.90 Å². The van der Waals surface area contributed by atoms with Crippen molar-refractivity contribution < 1.29 is 29.6 Å². The fraction of sp³-hybridized carbons (Fsp3) is 0.455. The van der Waals surface area contributed by atoms with Crippen LogP contribution in [0, 0.1) is 0 Å². The molecule has 0 atom stereocenters. The van der Waals surface area contributed by atoms with Gasteiger partial charge in [0.25, 0.3) is 0 Å². The van der Waals surface area contributed by atoms with Crippen molar-refractivity contribution in [2.24, 2.45) is 0 Å². The Hall–Kier alpha value is 0.200. The third kappa shape index (κ3) is 3.61. The average molecular weight is 230 g/mol. The van der Waals surface area contributed by atoms with E-state index in [1.54, 1.807) is 0 Å². The van der Waals surface area contributed by atoms with Crippen molar-refractivity contribution in [2.45, 2.75) is 4.90 Å². The van der Waals surface area contributed by atoms with Crippen molar-refractivity contribution in [1.82, 2.24) is 4.90 Å². The number of nitrogens with zero attached hydrogens (tertiary/aromatic N) is 2. The second-order valence-corrected chi connectivity index (χ2v) is 4.26. The van der Waals surface area contributed by atoms with Gasteiger partial charge in [-0.25, -0.2) is 0 Å². The van der Waals surface area contributed by atoms with Gasteiger partial charge in [0.05, 0.1) is 0 Å². The Morgan fingerprint density at radius 2 is 1.53 bits per heavy atom. The van der Waals surface area contributed by atoms with Gasteiger partial charge in [0.2, 0.25) is 0 Å². The molecule has 1 fully saturated rings. The zero-order valence-electron chi connectivity index (χ0n) is 9.44. The monoisotopic (exact) mass is 230 g/mol. The van der Waals surface area contributed by atoms with Gasteiger partial charge in [-0.05, 0) is 19.2 Å². The summed E-state index contributed by atoms with van der Waals surface area (Å²) in [6.45, 7) is 4.53. The van der Waals surface area contributed by atoms with E-state index in [0.29, 0.717) is 0 Å². The first-order valence-corrected chi connectivity index (χ1v) is 5.37. The number of likely N-dealkylation sites (N-methyl/N-ethyl adjacent to an activating group) is 1. The van der Waals surface area contributed by atoms with Crippen molar-refractivity contribution in [3.05, 3.63) is 24.3 Å². The molecule has 4 heteroatoms. The van der Waals surface area contributed by atoms with Crippen molar-refractivity contribution >= 4 is 18.3 Å². The van der Waals surface area contributed by atoms with Gasteiger partial charge in [-0.15, -0.1) is 0 Å². The summed E-state index contributed by atoms with van der Waals surface area (Å²) in [6.07, 6.45) is 0. The van der Waals surface area contributed by atoms with Gasteiger partial charge in [-0.1, -0.05) is 12.1 Å². The zero-order valence-corrected chi connectivity index (χ0v) is 12.3. The average Bonchev–Trinajstić information content (AvgIpc) is 2.21. The molecule has 0 aliphatic carbocycles. The summed E-state index contributed by atoms with van der Waals surface area (Å²) in [5.41, 5.74) is 1.30. The van der Waals surface area contributed by atoms with Crippen LogP contribution in [0.3, 0.4) is 0 Å². The fourth-order valence-corrected chi connectivity index (χ4v) is 1.86. The minimum absolute atomic E-state index is 0. The summed E-state index contributed by atoms with van der Waals surface area (Å²) in [4.78, 5) is 5.69. The second-order valence-electron chi connectivity index (χ2n) is 3.78. The summed E-state index contributed by atoms with van der Waals surface area (Å²) < 4.78 is 0. The van der Waals surface area contributed by atoms with E-state index < -0.39 is 0 Å². The third-order valence-electron chi connectivity index (χ3n) is 2.71. The second kappa shape index (κ2) is 6.06. The number of piperazine rings is 1. The van der Waals surface area contributed by atoms with Gasteiger partial charge < -0.3 is 22.4 Å². The van der Waals surface area contributed by atoms with Crippen LogP contribution in [0.5, 0.6) is 0 Å². The molecule has 0 amide bonds. The SMILES string of the molecule is CN1CCN(c2ccc([S-])cc2)CC1.[Na+]. The Bertz CT molecular complexity index is 294. The predicted molar refractivity (Wildman–Crippen MR) is 61.8 cm³/mol. The van der Waals surface area contributed by atoms with Gasteiger partial charge in [0.1, 0.15) is 0 Å². The summed E-state index contributed by atoms with van der Waals surface area (Å²) in [6, 6.07) is 8.24. The summed E-state index contributed by atoms with van der Waals surface area (Å²) >= 11 is 5.07. The first-order valence-electron chi connectivity index (χ1n) is 4.96. The van der Waals surface area contributed by atoms with Crippen molar-refractivity contribution in [2.75, 3.05) is 38.1 Å². The Kier molecular flexibility index (Phi) is 5.36. The van der Waals surface area contributed by atoms with Crippen LogP contribution >= 0.6 is 0 Å².